The summed E-state index contributed by atoms with van der Waals surface area (Å²) in [7, 11) is 3.37. The van der Waals surface area contributed by atoms with E-state index >= 15 is 0 Å². The van der Waals surface area contributed by atoms with Crippen molar-refractivity contribution in [1.82, 2.24) is 10.6 Å². The molecule has 0 fully saturated rings. The molecule has 0 aromatic heterocycles. The molecule has 0 amide bonds. The Morgan fingerprint density at radius 1 is 1.09 bits per heavy atom. The Morgan fingerprint density at radius 2 is 1.77 bits per heavy atom. The maximum absolute atomic E-state index is 12.8. The number of guanidine groups is 1. The molecule has 0 heterocycles. The average Bonchev–Trinajstić information content (AvgIpc) is 2.50. The molecule has 0 spiro atoms. The van der Waals surface area contributed by atoms with Crippen molar-refractivity contribution in [2.45, 2.75) is 6.42 Å². The number of rotatable bonds is 9. The molecule has 0 atom stereocenters. The molecule has 0 saturated carbocycles. The summed E-state index contributed by atoms with van der Waals surface area (Å²) < 4.78 is 23.0. The number of nitrogens with zero attached hydrogens (tertiary/aromatic N) is 1. The highest BCUT2D eigenvalue weighted by atomic mass is 127. The van der Waals surface area contributed by atoms with Crippen molar-refractivity contribution in [3.8, 4) is 0 Å². The van der Waals surface area contributed by atoms with Gasteiger partial charge in [-0.25, -0.2) is 4.39 Å². The van der Waals surface area contributed by atoms with Crippen molar-refractivity contribution in [2.24, 2.45) is 4.99 Å². The molecule has 5 nitrogen and oxygen atoms in total. The Kier molecular flexibility index (Phi) is 13.1. The molecule has 0 aliphatic carbocycles. The molecule has 0 unspecified atom stereocenters. The Hall–Kier alpha value is -0.930. The van der Waals surface area contributed by atoms with E-state index in [4.69, 9.17) is 9.47 Å². The maximum atomic E-state index is 12.8. The van der Waals surface area contributed by atoms with Gasteiger partial charge < -0.3 is 20.1 Å². The van der Waals surface area contributed by atoms with Crippen LogP contribution >= 0.6 is 24.0 Å². The van der Waals surface area contributed by atoms with Crippen LogP contribution in [0.3, 0.4) is 0 Å². The number of nitrogens with one attached hydrogen (secondary N) is 2. The lowest BCUT2D eigenvalue weighted by Crippen LogP contribution is -2.39. The SMILES string of the molecule is CN=C(NCCOCCOC)NCCc1ccc(F)cc1.I. The first-order valence-electron chi connectivity index (χ1n) is 7.02. The van der Waals surface area contributed by atoms with Crippen molar-refractivity contribution < 1.29 is 13.9 Å². The molecular formula is C15H25FIN3O2. The molecule has 0 bridgehead atoms. The fraction of sp³-hybridized carbons (Fsp3) is 0.533. The Labute approximate surface area is 148 Å². The number of halogens is 2. The normalized spacial score (nSPS) is 11.0. The van der Waals surface area contributed by atoms with E-state index in [1.165, 1.54) is 12.1 Å². The zero-order valence-corrected chi connectivity index (χ0v) is 15.4. The lowest BCUT2D eigenvalue weighted by molar-refractivity contribution is 0.0733. The third-order valence-electron chi connectivity index (χ3n) is 2.81. The Morgan fingerprint density at radius 3 is 2.41 bits per heavy atom. The molecule has 1 aromatic rings. The first-order chi connectivity index (χ1) is 10.3. The Balaban J connectivity index is 0.00000441. The zero-order chi connectivity index (χ0) is 15.3. The summed E-state index contributed by atoms with van der Waals surface area (Å²) in [5.74, 6) is 0.519. The van der Waals surface area contributed by atoms with Gasteiger partial charge in [-0.2, -0.15) is 0 Å². The molecule has 22 heavy (non-hydrogen) atoms. The lowest BCUT2D eigenvalue weighted by atomic mass is 10.1. The second-order valence-corrected chi connectivity index (χ2v) is 4.41. The summed E-state index contributed by atoms with van der Waals surface area (Å²) in [6.45, 7) is 3.21. The standard InChI is InChI=1S/C15H24FN3O2.HI/c1-17-15(19-9-10-21-12-11-20-2)18-8-7-13-3-5-14(16)6-4-13;/h3-6H,7-12H2,1-2H3,(H2,17,18,19);1H. The molecule has 126 valence electrons. The third kappa shape index (κ3) is 9.91. The highest BCUT2D eigenvalue weighted by Crippen LogP contribution is 2.02. The van der Waals surface area contributed by atoms with E-state index in [2.05, 4.69) is 15.6 Å². The summed E-state index contributed by atoms with van der Waals surface area (Å²) in [6, 6.07) is 6.52. The van der Waals surface area contributed by atoms with Gasteiger partial charge in [-0.15, -0.1) is 24.0 Å². The Bertz CT molecular complexity index is 416. The molecule has 1 rings (SSSR count). The van der Waals surface area contributed by atoms with Crippen LogP contribution in [0, 0.1) is 5.82 Å². The van der Waals surface area contributed by atoms with Gasteiger partial charge in [0.05, 0.1) is 19.8 Å². The van der Waals surface area contributed by atoms with Crippen LogP contribution < -0.4 is 10.6 Å². The second kappa shape index (κ2) is 13.7. The van der Waals surface area contributed by atoms with E-state index in [0.717, 1.165) is 24.5 Å². The van der Waals surface area contributed by atoms with Crippen LogP contribution in [-0.4, -0.2) is 53.0 Å². The van der Waals surface area contributed by atoms with Gasteiger partial charge in [0.2, 0.25) is 0 Å². The number of hydrogen-bond acceptors (Lipinski definition) is 3. The minimum Gasteiger partial charge on any atom is -0.382 e. The second-order valence-electron chi connectivity index (χ2n) is 4.41. The van der Waals surface area contributed by atoms with Crippen LogP contribution in [0.25, 0.3) is 0 Å². The topological polar surface area (TPSA) is 54.9 Å². The minimum atomic E-state index is -0.211. The van der Waals surface area contributed by atoms with Gasteiger partial charge in [-0.1, -0.05) is 12.1 Å². The largest absolute Gasteiger partial charge is 0.382 e. The highest BCUT2D eigenvalue weighted by molar-refractivity contribution is 14.0. The molecule has 0 aliphatic rings. The van der Waals surface area contributed by atoms with Gasteiger partial charge in [0.25, 0.3) is 0 Å². The molecule has 2 N–H and O–H groups in total. The van der Waals surface area contributed by atoms with E-state index in [0.29, 0.717) is 26.4 Å². The van der Waals surface area contributed by atoms with Crippen molar-refractivity contribution in [1.29, 1.82) is 0 Å². The highest BCUT2D eigenvalue weighted by Gasteiger charge is 1.98. The average molecular weight is 425 g/mol. The van der Waals surface area contributed by atoms with E-state index < -0.39 is 0 Å². The quantitative estimate of drug-likeness (QED) is 0.274. The summed E-state index contributed by atoms with van der Waals surface area (Å²) in [5.41, 5.74) is 1.09. The number of aliphatic imine (C=N–C) groups is 1. The van der Waals surface area contributed by atoms with E-state index in [9.17, 15) is 4.39 Å². The van der Waals surface area contributed by atoms with Crippen molar-refractivity contribution in [3.05, 3.63) is 35.6 Å². The summed E-state index contributed by atoms with van der Waals surface area (Å²) in [6.07, 6.45) is 0.811. The van der Waals surface area contributed by atoms with Gasteiger partial charge >= 0.3 is 0 Å². The van der Waals surface area contributed by atoms with Gasteiger partial charge in [-0.3, -0.25) is 4.99 Å². The van der Waals surface area contributed by atoms with Crippen molar-refractivity contribution >= 4 is 29.9 Å². The number of hydrogen-bond donors (Lipinski definition) is 2. The summed E-state index contributed by atoms with van der Waals surface area (Å²) >= 11 is 0. The lowest BCUT2D eigenvalue weighted by Gasteiger charge is -2.12. The minimum absolute atomic E-state index is 0. The fourth-order valence-electron chi connectivity index (χ4n) is 1.68. The summed E-state index contributed by atoms with van der Waals surface area (Å²) in [4.78, 5) is 4.12. The van der Waals surface area contributed by atoms with Crippen molar-refractivity contribution in [3.63, 3.8) is 0 Å². The maximum Gasteiger partial charge on any atom is 0.191 e. The third-order valence-corrected chi connectivity index (χ3v) is 2.81. The predicted molar refractivity (Wildman–Crippen MR) is 97.6 cm³/mol. The summed E-state index contributed by atoms with van der Waals surface area (Å²) in [5, 5.41) is 6.35. The molecule has 0 radical (unpaired) electrons. The van der Waals surface area contributed by atoms with E-state index in [-0.39, 0.29) is 29.8 Å². The monoisotopic (exact) mass is 425 g/mol. The van der Waals surface area contributed by atoms with Gasteiger partial charge in [0, 0.05) is 27.2 Å². The van der Waals surface area contributed by atoms with Crippen LogP contribution in [0.15, 0.2) is 29.3 Å². The van der Waals surface area contributed by atoms with E-state index in [1.807, 2.05) is 0 Å². The molecule has 0 aliphatic heterocycles. The first-order valence-corrected chi connectivity index (χ1v) is 7.02. The van der Waals surface area contributed by atoms with Crippen LogP contribution in [0.2, 0.25) is 0 Å². The van der Waals surface area contributed by atoms with Gasteiger partial charge in [0.15, 0.2) is 5.96 Å². The van der Waals surface area contributed by atoms with Crippen LogP contribution in [-0.2, 0) is 15.9 Å². The number of methoxy groups -OCH3 is 1. The van der Waals surface area contributed by atoms with Crippen LogP contribution in [0.1, 0.15) is 5.56 Å². The first kappa shape index (κ1) is 21.1. The van der Waals surface area contributed by atoms with Crippen LogP contribution in [0.5, 0.6) is 0 Å². The molecule has 1 aromatic carbocycles. The number of ether oxygens (including phenoxy) is 2. The van der Waals surface area contributed by atoms with Crippen molar-refractivity contribution in [2.75, 3.05) is 47.1 Å². The van der Waals surface area contributed by atoms with E-state index in [1.54, 1.807) is 26.3 Å². The van der Waals surface area contributed by atoms with Gasteiger partial charge in [0.1, 0.15) is 5.82 Å². The predicted octanol–water partition coefficient (Wildman–Crippen LogP) is 1.81. The van der Waals surface area contributed by atoms with Gasteiger partial charge in [-0.05, 0) is 24.1 Å². The number of benzene rings is 1. The fourth-order valence-corrected chi connectivity index (χ4v) is 1.68. The molecular weight excluding hydrogens is 400 g/mol. The smallest absolute Gasteiger partial charge is 0.191 e. The molecule has 0 saturated heterocycles. The zero-order valence-electron chi connectivity index (χ0n) is 13.1. The molecule has 7 heteroatoms. The van der Waals surface area contributed by atoms with Crippen LogP contribution in [0.4, 0.5) is 4.39 Å².